The number of carbonyl (C=O) groups is 2. The highest BCUT2D eigenvalue weighted by Gasteiger charge is 2.16. The number of nitrogens with one attached hydrogen (secondary N) is 1. The van der Waals surface area contributed by atoms with Gasteiger partial charge in [0.1, 0.15) is 5.82 Å². The van der Waals surface area contributed by atoms with E-state index in [0.717, 1.165) is 0 Å². The quantitative estimate of drug-likeness (QED) is 0.492. The average Bonchev–Trinajstić information content (AvgIpc) is 2.48. The minimum Gasteiger partial charge on any atom is -0.326 e. The Morgan fingerprint density at radius 1 is 1.17 bits per heavy atom. The number of amides is 1. The number of carbonyl (C=O) groups excluding carboxylic acids is 2. The van der Waals surface area contributed by atoms with E-state index in [1.54, 1.807) is 0 Å². The van der Waals surface area contributed by atoms with Crippen LogP contribution in [0.2, 0.25) is 5.02 Å². The molecule has 0 radical (unpaired) electrons. The molecule has 0 spiro atoms. The van der Waals surface area contributed by atoms with Gasteiger partial charge in [0.25, 0.3) is 6.54 Å². The van der Waals surface area contributed by atoms with Crippen LogP contribution in [0.1, 0.15) is 15.9 Å². The SMILES string of the molecule is O=C(Cc1ccc(F)cc1)Nc1ccc(C(=O)C[N+](=O)[O-])c(Cl)c1. The van der Waals surface area contributed by atoms with Gasteiger partial charge in [-0.1, -0.05) is 23.7 Å². The zero-order valence-corrected chi connectivity index (χ0v) is 13.0. The molecule has 0 aliphatic carbocycles. The van der Waals surface area contributed by atoms with Crippen molar-refractivity contribution in [1.29, 1.82) is 0 Å². The highest BCUT2D eigenvalue weighted by molar-refractivity contribution is 6.34. The number of nitrogens with zero attached hydrogens (tertiary/aromatic N) is 1. The molecule has 0 aliphatic rings. The first-order valence-corrected chi connectivity index (χ1v) is 7.22. The summed E-state index contributed by atoms with van der Waals surface area (Å²) in [6, 6.07) is 9.62. The molecule has 1 N–H and O–H groups in total. The summed E-state index contributed by atoms with van der Waals surface area (Å²) < 4.78 is 12.8. The fourth-order valence-electron chi connectivity index (χ4n) is 2.01. The van der Waals surface area contributed by atoms with Gasteiger partial charge in [0.15, 0.2) is 0 Å². The molecular weight excluding hydrogens is 339 g/mol. The largest absolute Gasteiger partial charge is 0.326 e. The Balaban J connectivity index is 2.03. The van der Waals surface area contributed by atoms with Gasteiger partial charge in [-0.25, -0.2) is 4.39 Å². The van der Waals surface area contributed by atoms with Crippen molar-refractivity contribution in [1.82, 2.24) is 0 Å². The first-order chi connectivity index (χ1) is 11.3. The molecule has 124 valence electrons. The smallest absolute Gasteiger partial charge is 0.265 e. The van der Waals surface area contributed by atoms with Crippen molar-refractivity contribution in [3.63, 3.8) is 0 Å². The van der Waals surface area contributed by atoms with Gasteiger partial charge >= 0.3 is 0 Å². The Labute approximate surface area is 141 Å². The Kier molecular flexibility index (Phi) is 5.59. The third-order valence-corrected chi connectivity index (χ3v) is 3.42. The Morgan fingerprint density at radius 3 is 2.42 bits per heavy atom. The van der Waals surface area contributed by atoms with Gasteiger partial charge in [-0.05, 0) is 35.9 Å². The minimum absolute atomic E-state index is 0.0152. The Hall–Kier alpha value is -2.80. The lowest BCUT2D eigenvalue weighted by Gasteiger charge is -2.08. The molecule has 0 fully saturated rings. The van der Waals surface area contributed by atoms with Crippen molar-refractivity contribution in [3.8, 4) is 0 Å². The summed E-state index contributed by atoms with van der Waals surface area (Å²) in [6.45, 7) is -0.851. The van der Waals surface area contributed by atoms with Crippen LogP contribution < -0.4 is 5.32 Å². The van der Waals surface area contributed by atoms with Crippen LogP contribution in [0.3, 0.4) is 0 Å². The van der Waals surface area contributed by atoms with Crippen molar-refractivity contribution in [2.24, 2.45) is 0 Å². The maximum absolute atomic E-state index is 12.8. The second-order valence-electron chi connectivity index (χ2n) is 4.96. The van der Waals surface area contributed by atoms with E-state index in [1.807, 2.05) is 0 Å². The summed E-state index contributed by atoms with van der Waals surface area (Å²) in [7, 11) is 0. The summed E-state index contributed by atoms with van der Waals surface area (Å²) >= 11 is 5.93. The van der Waals surface area contributed by atoms with Gasteiger partial charge in [-0.2, -0.15) is 0 Å². The van der Waals surface area contributed by atoms with Crippen LogP contribution >= 0.6 is 11.6 Å². The number of halogens is 2. The molecule has 8 heteroatoms. The van der Waals surface area contributed by atoms with Crippen LogP contribution in [0.15, 0.2) is 42.5 Å². The van der Waals surface area contributed by atoms with Crippen LogP contribution in [-0.2, 0) is 11.2 Å². The van der Waals surface area contributed by atoms with Crippen molar-refractivity contribution >= 4 is 29.0 Å². The molecule has 0 aromatic heterocycles. The van der Waals surface area contributed by atoms with Crippen LogP contribution in [-0.4, -0.2) is 23.2 Å². The van der Waals surface area contributed by atoms with Crippen molar-refractivity contribution in [2.45, 2.75) is 6.42 Å². The maximum atomic E-state index is 12.8. The van der Waals surface area contributed by atoms with E-state index in [9.17, 15) is 24.1 Å². The van der Waals surface area contributed by atoms with Crippen LogP contribution in [0.5, 0.6) is 0 Å². The number of anilines is 1. The molecule has 0 saturated heterocycles. The zero-order valence-electron chi connectivity index (χ0n) is 12.3. The Morgan fingerprint density at radius 2 is 1.83 bits per heavy atom. The number of benzene rings is 2. The molecule has 24 heavy (non-hydrogen) atoms. The van der Waals surface area contributed by atoms with Gasteiger partial charge in [0.05, 0.1) is 11.4 Å². The first-order valence-electron chi connectivity index (χ1n) is 6.84. The number of Topliss-reactive ketones (excluding diaryl/α,β-unsaturated/α-hetero) is 1. The third kappa shape index (κ3) is 4.85. The molecular formula is C16H12ClFN2O4. The molecule has 0 unspecified atom stereocenters. The molecule has 1 amide bonds. The van der Waals surface area contributed by atoms with Crippen molar-refractivity contribution in [2.75, 3.05) is 11.9 Å². The van der Waals surface area contributed by atoms with Crippen molar-refractivity contribution < 1.29 is 18.9 Å². The van der Waals surface area contributed by atoms with E-state index in [2.05, 4.69) is 5.32 Å². The second kappa shape index (κ2) is 7.65. The molecule has 2 aromatic rings. The molecule has 2 aromatic carbocycles. The highest BCUT2D eigenvalue weighted by atomic mass is 35.5. The summed E-state index contributed by atoms with van der Waals surface area (Å²) in [5.41, 5.74) is 1.01. The summed E-state index contributed by atoms with van der Waals surface area (Å²) in [4.78, 5) is 33.2. The monoisotopic (exact) mass is 350 g/mol. The molecule has 2 rings (SSSR count). The fourth-order valence-corrected chi connectivity index (χ4v) is 2.30. The van der Waals surface area contributed by atoms with Crippen LogP contribution in [0.4, 0.5) is 10.1 Å². The lowest BCUT2D eigenvalue weighted by atomic mass is 10.1. The molecule has 0 atom stereocenters. The van der Waals surface area contributed by atoms with Gasteiger partial charge in [0, 0.05) is 16.2 Å². The van der Waals surface area contributed by atoms with E-state index in [0.29, 0.717) is 11.3 Å². The van der Waals surface area contributed by atoms with E-state index in [1.165, 1.54) is 42.5 Å². The van der Waals surface area contributed by atoms with E-state index >= 15 is 0 Å². The number of rotatable bonds is 6. The topological polar surface area (TPSA) is 89.3 Å². The lowest BCUT2D eigenvalue weighted by Crippen LogP contribution is -2.16. The minimum atomic E-state index is -0.851. The first kappa shape index (κ1) is 17.6. The number of nitro groups is 1. The number of hydrogen-bond acceptors (Lipinski definition) is 4. The van der Waals surface area contributed by atoms with Gasteiger partial charge in [0.2, 0.25) is 11.7 Å². The lowest BCUT2D eigenvalue weighted by molar-refractivity contribution is -0.465. The second-order valence-corrected chi connectivity index (χ2v) is 5.37. The average molecular weight is 351 g/mol. The van der Waals surface area contributed by atoms with E-state index < -0.39 is 17.3 Å². The molecule has 0 bridgehead atoms. The van der Waals surface area contributed by atoms with Crippen molar-refractivity contribution in [3.05, 3.63) is 74.5 Å². The number of hydrogen-bond donors (Lipinski definition) is 1. The van der Waals surface area contributed by atoms with Gasteiger partial charge in [-0.15, -0.1) is 0 Å². The molecule has 0 heterocycles. The van der Waals surface area contributed by atoms with Gasteiger partial charge in [-0.3, -0.25) is 19.7 Å². The fraction of sp³-hybridized carbons (Fsp3) is 0.125. The Bertz CT molecular complexity index is 793. The third-order valence-electron chi connectivity index (χ3n) is 3.10. The zero-order chi connectivity index (χ0) is 17.7. The summed E-state index contributed by atoms with van der Waals surface area (Å²) in [5.74, 6) is -1.45. The molecule has 0 saturated carbocycles. The highest BCUT2D eigenvalue weighted by Crippen LogP contribution is 2.22. The number of ketones is 1. The van der Waals surface area contributed by atoms with E-state index in [-0.39, 0.29) is 28.7 Å². The van der Waals surface area contributed by atoms with E-state index in [4.69, 9.17) is 11.6 Å². The standard InChI is InChI=1S/C16H12ClFN2O4/c17-14-8-12(5-6-13(14)15(21)9-20(23)24)19-16(22)7-10-1-3-11(18)4-2-10/h1-6,8H,7,9H2,(H,19,22). The normalized spacial score (nSPS) is 10.2. The molecule has 6 nitrogen and oxygen atoms in total. The summed E-state index contributed by atoms with van der Waals surface area (Å²) in [6.07, 6.45) is 0.0416. The maximum Gasteiger partial charge on any atom is 0.265 e. The predicted molar refractivity (Wildman–Crippen MR) is 86.4 cm³/mol. The van der Waals surface area contributed by atoms with Crippen LogP contribution in [0, 0.1) is 15.9 Å². The molecule has 0 aliphatic heterocycles. The van der Waals surface area contributed by atoms with Crippen LogP contribution in [0.25, 0.3) is 0 Å². The predicted octanol–water partition coefficient (Wildman–Crippen LogP) is 3.12. The summed E-state index contributed by atoms with van der Waals surface area (Å²) in [5, 5.41) is 13.0. The van der Waals surface area contributed by atoms with Gasteiger partial charge < -0.3 is 5.32 Å².